The van der Waals surface area contributed by atoms with E-state index in [1.165, 1.54) is 43.2 Å². The smallest absolute Gasteiger partial charge is 0.283 e. The summed E-state index contributed by atoms with van der Waals surface area (Å²) in [5.74, 6) is -0.570. The Hall–Kier alpha value is -5.68. The summed E-state index contributed by atoms with van der Waals surface area (Å²) in [4.78, 5) is 24.2. The van der Waals surface area contributed by atoms with E-state index in [1.54, 1.807) is 117 Å². The number of hydrogen-bond acceptors (Lipinski definition) is 8. The zero-order valence-corrected chi connectivity index (χ0v) is 34.5. The van der Waals surface area contributed by atoms with E-state index in [2.05, 4.69) is 20.8 Å². The van der Waals surface area contributed by atoms with Crippen LogP contribution in [0.25, 0.3) is 0 Å². The van der Waals surface area contributed by atoms with Crippen LogP contribution in [-0.2, 0) is 47.2 Å². The zero-order valence-electron chi connectivity index (χ0n) is 31.4. The fourth-order valence-electron chi connectivity index (χ4n) is 5.44. The first-order valence-corrected chi connectivity index (χ1v) is 21.0. The first kappa shape index (κ1) is 42.5. The van der Waals surface area contributed by atoms with Crippen LogP contribution in [0, 0.1) is 0 Å². The summed E-state index contributed by atoms with van der Waals surface area (Å²) < 4.78 is 58.6. The van der Waals surface area contributed by atoms with E-state index in [0.29, 0.717) is 39.1 Å². The minimum atomic E-state index is -3.96. The highest BCUT2D eigenvalue weighted by molar-refractivity contribution is 7.93. The molecule has 0 bridgehead atoms. The predicted octanol–water partition coefficient (Wildman–Crippen LogP) is 6.05. The van der Waals surface area contributed by atoms with Crippen LogP contribution in [0.2, 0.25) is 10.0 Å². The van der Waals surface area contributed by atoms with E-state index in [0.717, 1.165) is 11.1 Å². The Balaban J connectivity index is 0.000000218. The van der Waals surface area contributed by atoms with Gasteiger partial charge in [-0.15, -0.1) is 0 Å². The van der Waals surface area contributed by atoms with E-state index in [4.69, 9.17) is 23.2 Å². The number of aromatic nitrogens is 4. The molecule has 4 aromatic carbocycles. The lowest BCUT2D eigenvalue weighted by Gasteiger charge is -2.24. The summed E-state index contributed by atoms with van der Waals surface area (Å²) in [5, 5.41) is 14.3. The molecule has 0 aliphatic rings. The average molecular weight is 852 g/mol. The van der Waals surface area contributed by atoms with Crippen LogP contribution >= 0.6 is 23.2 Å². The molecule has 0 saturated heterocycles. The number of halogens is 2. The maximum atomic E-state index is 13.3. The molecular weight excluding hydrogens is 812 g/mol. The third-order valence-corrected chi connectivity index (χ3v) is 12.2. The number of sulfonamides is 2. The normalized spacial score (nSPS) is 11.3. The molecule has 0 unspecified atom stereocenters. The monoisotopic (exact) mass is 850 g/mol. The molecule has 0 aliphatic carbocycles. The molecule has 0 aliphatic heterocycles. The standard InChI is InChI=1S/C20H21ClN4O3S.C19H19ClN4O3S/c1-3-22-20(26)16-5-4-6-18(13-16)25(14-15-7-9-17(21)10-8-15)29(27,28)19-11-12-24(2)23-19;1-21-19(25)15-4-3-5-17(12-15)24(13-14-6-8-16(20)9-7-14)28(26,27)18-10-11-23(2)22-18/h4-13H,3,14H2,1-2H3,(H,22,26);3-12H,13H2,1-2H3,(H,21,25). The van der Waals surface area contributed by atoms with Gasteiger partial charge in [-0.05, 0) is 90.8 Å². The second-order valence-electron chi connectivity index (χ2n) is 12.5. The summed E-state index contributed by atoms with van der Waals surface area (Å²) in [6, 6.07) is 29.7. The molecule has 0 saturated carbocycles. The van der Waals surface area contributed by atoms with Crippen molar-refractivity contribution in [3.8, 4) is 0 Å². The summed E-state index contributed by atoms with van der Waals surface area (Å²) in [7, 11) is -3.10. The van der Waals surface area contributed by atoms with Crippen molar-refractivity contribution < 1.29 is 26.4 Å². The van der Waals surface area contributed by atoms with Gasteiger partial charge in [-0.2, -0.15) is 27.0 Å². The number of amides is 2. The topological polar surface area (TPSA) is 169 Å². The Labute approximate surface area is 341 Å². The fourth-order valence-corrected chi connectivity index (χ4v) is 8.49. The number of benzene rings is 4. The summed E-state index contributed by atoms with van der Waals surface area (Å²) in [5.41, 5.74) is 2.96. The molecule has 0 spiro atoms. The van der Waals surface area contributed by atoms with Gasteiger partial charge in [0, 0.05) is 61.3 Å². The van der Waals surface area contributed by atoms with Crippen LogP contribution in [0.5, 0.6) is 0 Å². The first-order valence-electron chi connectivity index (χ1n) is 17.4. The number of aryl methyl sites for hydroxylation is 2. The second-order valence-corrected chi connectivity index (χ2v) is 17.0. The molecule has 2 N–H and O–H groups in total. The Kier molecular flexibility index (Phi) is 13.8. The molecule has 2 amide bonds. The molecule has 2 heterocycles. The highest BCUT2D eigenvalue weighted by Crippen LogP contribution is 2.28. The summed E-state index contributed by atoms with van der Waals surface area (Å²) >= 11 is 11.9. The minimum absolute atomic E-state index is 0.0628. The van der Waals surface area contributed by atoms with Crippen LogP contribution < -0.4 is 19.2 Å². The Bertz CT molecular complexity index is 2560. The fraction of sp³-hybridized carbons (Fsp3) is 0.179. The Morgan fingerprint density at radius 1 is 0.632 bits per heavy atom. The molecular formula is C39H40Cl2N8O6S2. The largest absolute Gasteiger partial charge is 0.355 e. The lowest BCUT2D eigenvalue weighted by atomic mass is 10.1. The number of nitrogens with one attached hydrogen (secondary N) is 2. The second kappa shape index (κ2) is 18.5. The molecule has 6 aromatic rings. The van der Waals surface area contributed by atoms with Gasteiger partial charge in [-0.3, -0.25) is 27.6 Å². The zero-order chi connectivity index (χ0) is 41.3. The van der Waals surface area contributed by atoms with Gasteiger partial charge in [-0.1, -0.05) is 59.6 Å². The van der Waals surface area contributed by atoms with Gasteiger partial charge in [-0.25, -0.2) is 0 Å². The number of rotatable bonds is 13. The van der Waals surface area contributed by atoms with Crippen LogP contribution in [0.3, 0.4) is 0 Å². The van der Waals surface area contributed by atoms with E-state index in [-0.39, 0.29) is 35.0 Å². The van der Waals surface area contributed by atoms with E-state index >= 15 is 0 Å². The van der Waals surface area contributed by atoms with Crippen molar-refractivity contribution in [3.63, 3.8) is 0 Å². The Morgan fingerprint density at radius 2 is 1.04 bits per heavy atom. The van der Waals surface area contributed by atoms with Gasteiger partial charge in [0.05, 0.1) is 24.5 Å². The van der Waals surface area contributed by atoms with Gasteiger partial charge in [0.25, 0.3) is 31.9 Å². The van der Waals surface area contributed by atoms with Gasteiger partial charge in [0.15, 0.2) is 10.1 Å². The molecule has 6 rings (SSSR count). The molecule has 57 heavy (non-hydrogen) atoms. The molecule has 0 fully saturated rings. The first-order chi connectivity index (χ1) is 27.1. The summed E-state index contributed by atoms with van der Waals surface area (Å²) in [6.07, 6.45) is 3.13. The van der Waals surface area contributed by atoms with Gasteiger partial charge in [0.1, 0.15) is 0 Å². The molecule has 298 valence electrons. The minimum Gasteiger partial charge on any atom is -0.355 e. The van der Waals surface area contributed by atoms with Crippen LogP contribution in [0.4, 0.5) is 11.4 Å². The van der Waals surface area contributed by atoms with Crippen molar-refractivity contribution in [1.82, 2.24) is 30.2 Å². The van der Waals surface area contributed by atoms with Crippen molar-refractivity contribution in [2.45, 2.75) is 30.1 Å². The van der Waals surface area contributed by atoms with Gasteiger partial charge >= 0.3 is 0 Å². The van der Waals surface area contributed by atoms with Crippen molar-refractivity contribution in [2.24, 2.45) is 14.1 Å². The highest BCUT2D eigenvalue weighted by atomic mass is 35.5. The van der Waals surface area contributed by atoms with E-state index in [9.17, 15) is 26.4 Å². The third kappa shape index (κ3) is 10.6. The van der Waals surface area contributed by atoms with E-state index < -0.39 is 20.0 Å². The lowest BCUT2D eigenvalue weighted by Crippen LogP contribution is -2.31. The van der Waals surface area contributed by atoms with Crippen LogP contribution in [0.1, 0.15) is 38.8 Å². The molecule has 14 nitrogen and oxygen atoms in total. The van der Waals surface area contributed by atoms with Gasteiger partial charge < -0.3 is 10.6 Å². The van der Waals surface area contributed by atoms with Gasteiger partial charge in [0.2, 0.25) is 0 Å². The molecule has 18 heteroatoms. The van der Waals surface area contributed by atoms with Crippen molar-refractivity contribution in [3.05, 3.63) is 154 Å². The van der Waals surface area contributed by atoms with Crippen LogP contribution in [0.15, 0.2) is 132 Å². The predicted molar refractivity (Wildman–Crippen MR) is 220 cm³/mol. The lowest BCUT2D eigenvalue weighted by molar-refractivity contribution is 0.0950. The third-order valence-electron chi connectivity index (χ3n) is 8.32. The number of carbonyl (C=O) groups excluding carboxylic acids is 2. The van der Waals surface area contributed by atoms with Crippen molar-refractivity contribution >= 4 is 66.4 Å². The van der Waals surface area contributed by atoms with Crippen molar-refractivity contribution in [2.75, 3.05) is 22.2 Å². The Morgan fingerprint density at radius 3 is 1.39 bits per heavy atom. The maximum Gasteiger partial charge on any atom is 0.283 e. The van der Waals surface area contributed by atoms with Crippen molar-refractivity contribution in [1.29, 1.82) is 0 Å². The number of nitrogens with zero attached hydrogens (tertiary/aromatic N) is 6. The molecule has 0 radical (unpaired) electrons. The number of anilines is 2. The maximum absolute atomic E-state index is 13.3. The number of hydrogen-bond donors (Lipinski definition) is 2. The molecule has 0 atom stereocenters. The van der Waals surface area contributed by atoms with E-state index in [1.807, 2.05) is 6.92 Å². The highest BCUT2D eigenvalue weighted by Gasteiger charge is 2.29. The average Bonchev–Trinajstić information content (AvgIpc) is 3.86. The number of carbonyl (C=O) groups is 2. The quantitative estimate of drug-likeness (QED) is 0.142. The molecule has 2 aromatic heterocycles. The SMILES string of the molecule is CCNC(=O)c1cccc(N(Cc2ccc(Cl)cc2)S(=O)(=O)c2ccn(C)n2)c1.CNC(=O)c1cccc(N(Cc2ccc(Cl)cc2)S(=O)(=O)c2ccn(C)n2)c1. The summed E-state index contributed by atoms with van der Waals surface area (Å²) in [6.45, 7) is 2.42. The van der Waals surface area contributed by atoms with Crippen LogP contribution in [-0.4, -0.2) is 61.8 Å².